The molecule has 0 amide bonds. The number of methoxy groups -OCH3 is 1. The number of hydrogen-bond donors (Lipinski definition) is 2. The number of nitrogens with zero attached hydrogens (tertiary/aromatic N) is 1. The lowest BCUT2D eigenvalue weighted by molar-refractivity contribution is 0.0600. The number of oxime groups is 1. The Balaban J connectivity index is 2.70. The molecule has 0 aliphatic carbocycles. The van der Waals surface area contributed by atoms with Crippen LogP contribution in [0.25, 0.3) is 0 Å². The number of nitrogens with one attached hydrogen (secondary N) is 1. The van der Waals surface area contributed by atoms with Crippen LogP contribution in [0.15, 0.2) is 29.4 Å². The highest BCUT2D eigenvalue weighted by atomic mass is 35.5. The Kier molecular flexibility index (Phi) is 4.33. The number of rotatable bonds is 3. The average Bonchev–Trinajstić information content (AvgIpc) is 2.76. The summed E-state index contributed by atoms with van der Waals surface area (Å²) < 4.78 is 4.80. The third-order valence-electron chi connectivity index (χ3n) is 3.23. The Labute approximate surface area is 127 Å². The van der Waals surface area contributed by atoms with Crippen LogP contribution in [0.3, 0.4) is 0 Å². The molecule has 1 aromatic heterocycles. The van der Waals surface area contributed by atoms with Gasteiger partial charge in [0.25, 0.3) is 0 Å². The van der Waals surface area contributed by atoms with Crippen LogP contribution in [0.1, 0.15) is 32.9 Å². The minimum atomic E-state index is -0.500. The van der Waals surface area contributed by atoms with Gasteiger partial charge in [0.15, 0.2) is 0 Å². The summed E-state index contributed by atoms with van der Waals surface area (Å²) in [5.41, 5.74) is 2.91. The van der Waals surface area contributed by atoms with E-state index in [4.69, 9.17) is 16.3 Å². The lowest BCUT2D eigenvalue weighted by Crippen LogP contribution is -2.12. The van der Waals surface area contributed by atoms with Crippen LogP contribution in [0, 0.1) is 13.8 Å². The molecule has 110 valence electrons. The van der Waals surface area contributed by atoms with Crippen molar-refractivity contribution in [3.63, 3.8) is 0 Å². The van der Waals surface area contributed by atoms with E-state index >= 15 is 0 Å². The molecule has 2 aromatic rings. The molecule has 0 aliphatic rings. The average molecular weight is 307 g/mol. The molecule has 0 saturated heterocycles. The smallest absolute Gasteiger partial charge is 0.340 e. The lowest BCUT2D eigenvalue weighted by atomic mass is 9.98. The minimum Gasteiger partial charge on any atom is -0.465 e. The van der Waals surface area contributed by atoms with Gasteiger partial charge >= 0.3 is 5.97 Å². The van der Waals surface area contributed by atoms with Crippen molar-refractivity contribution < 1.29 is 14.7 Å². The van der Waals surface area contributed by atoms with E-state index in [2.05, 4.69) is 10.1 Å². The number of carbonyl (C=O) groups is 1. The van der Waals surface area contributed by atoms with Gasteiger partial charge in [0.2, 0.25) is 0 Å². The quantitative estimate of drug-likeness (QED) is 0.395. The SMILES string of the molecule is COC(=O)c1c(C)[nH]c(C)c1C(=NO)c1ccccc1Cl. The van der Waals surface area contributed by atoms with Gasteiger partial charge in [-0.1, -0.05) is 35.0 Å². The minimum absolute atomic E-state index is 0.225. The monoisotopic (exact) mass is 306 g/mol. The van der Waals surface area contributed by atoms with E-state index in [1.807, 2.05) is 0 Å². The maximum atomic E-state index is 12.0. The van der Waals surface area contributed by atoms with E-state index in [0.717, 1.165) is 0 Å². The fourth-order valence-corrected chi connectivity index (χ4v) is 2.55. The van der Waals surface area contributed by atoms with Crippen LogP contribution in [0.4, 0.5) is 0 Å². The second-order valence-electron chi connectivity index (χ2n) is 4.55. The summed E-state index contributed by atoms with van der Waals surface area (Å²) >= 11 is 6.15. The van der Waals surface area contributed by atoms with Gasteiger partial charge in [0.05, 0.1) is 17.7 Å². The molecule has 2 N–H and O–H groups in total. The molecule has 0 atom stereocenters. The molecule has 0 fully saturated rings. The summed E-state index contributed by atoms with van der Waals surface area (Å²) in [6.45, 7) is 3.54. The van der Waals surface area contributed by atoms with Gasteiger partial charge in [0.1, 0.15) is 5.71 Å². The Bertz CT molecular complexity index is 720. The fraction of sp³-hybridized carbons (Fsp3) is 0.200. The first kappa shape index (κ1) is 15.1. The summed E-state index contributed by atoms with van der Waals surface area (Å²) in [5.74, 6) is -0.500. The van der Waals surface area contributed by atoms with Gasteiger partial charge in [-0.3, -0.25) is 0 Å². The summed E-state index contributed by atoms with van der Waals surface area (Å²) in [6, 6.07) is 6.96. The van der Waals surface area contributed by atoms with Crippen LogP contribution >= 0.6 is 11.6 Å². The van der Waals surface area contributed by atoms with Crippen molar-refractivity contribution in [3.8, 4) is 0 Å². The van der Waals surface area contributed by atoms with E-state index in [-0.39, 0.29) is 5.71 Å². The predicted molar refractivity (Wildman–Crippen MR) is 80.5 cm³/mol. The number of aryl methyl sites for hydroxylation is 2. The Hall–Kier alpha value is -2.27. The summed E-state index contributed by atoms with van der Waals surface area (Å²) in [7, 11) is 1.30. The largest absolute Gasteiger partial charge is 0.465 e. The van der Waals surface area contributed by atoms with Gasteiger partial charge in [-0.05, 0) is 19.9 Å². The zero-order valence-electron chi connectivity index (χ0n) is 11.9. The van der Waals surface area contributed by atoms with Crippen molar-refractivity contribution in [2.24, 2.45) is 5.16 Å². The third kappa shape index (κ3) is 2.64. The van der Waals surface area contributed by atoms with Crippen LogP contribution in [-0.4, -0.2) is 29.0 Å². The second-order valence-corrected chi connectivity index (χ2v) is 4.95. The zero-order valence-corrected chi connectivity index (χ0v) is 12.7. The maximum Gasteiger partial charge on any atom is 0.340 e. The molecule has 0 aliphatic heterocycles. The van der Waals surface area contributed by atoms with E-state index in [9.17, 15) is 10.0 Å². The highest BCUT2D eigenvalue weighted by Crippen LogP contribution is 2.26. The van der Waals surface area contributed by atoms with E-state index in [0.29, 0.717) is 33.1 Å². The van der Waals surface area contributed by atoms with Crippen molar-refractivity contribution in [1.29, 1.82) is 0 Å². The van der Waals surface area contributed by atoms with E-state index in [1.54, 1.807) is 38.1 Å². The first-order valence-electron chi connectivity index (χ1n) is 6.26. The van der Waals surface area contributed by atoms with Gasteiger partial charge < -0.3 is 14.9 Å². The van der Waals surface area contributed by atoms with Crippen molar-refractivity contribution in [2.75, 3.05) is 7.11 Å². The number of aromatic amines is 1. The normalized spacial score (nSPS) is 11.5. The predicted octanol–water partition coefficient (Wildman–Crippen LogP) is 3.30. The van der Waals surface area contributed by atoms with Gasteiger partial charge in [-0.25, -0.2) is 4.79 Å². The molecule has 0 unspecified atom stereocenters. The molecule has 2 rings (SSSR count). The van der Waals surface area contributed by atoms with Crippen LogP contribution in [0.5, 0.6) is 0 Å². The molecule has 1 heterocycles. The lowest BCUT2D eigenvalue weighted by Gasteiger charge is -2.09. The second kappa shape index (κ2) is 6.01. The topological polar surface area (TPSA) is 74.7 Å². The molecule has 0 bridgehead atoms. The zero-order chi connectivity index (χ0) is 15.6. The number of ether oxygens (including phenoxy) is 1. The molecule has 6 heteroatoms. The van der Waals surface area contributed by atoms with Gasteiger partial charge in [-0.15, -0.1) is 0 Å². The number of H-pyrrole nitrogens is 1. The summed E-state index contributed by atoms with van der Waals surface area (Å²) in [5, 5.41) is 13.2. The highest BCUT2D eigenvalue weighted by Gasteiger charge is 2.25. The molecule has 1 aromatic carbocycles. The number of hydrogen-bond acceptors (Lipinski definition) is 4. The Morgan fingerprint density at radius 3 is 2.43 bits per heavy atom. The third-order valence-corrected chi connectivity index (χ3v) is 3.56. The standard InChI is InChI=1S/C15H15ClN2O3/c1-8-12(13(9(2)17-8)15(19)21-3)14(18-20)10-6-4-5-7-11(10)16/h4-7,17,20H,1-3H3. The fourth-order valence-electron chi connectivity index (χ4n) is 2.33. The van der Waals surface area contributed by atoms with Crippen molar-refractivity contribution in [1.82, 2.24) is 4.98 Å². The maximum absolute atomic E-state index is 12.0. The first-order chi connectivity index (χ1) is 10.0. The van der Waals surface area contributed by atoms with E-state index < -0.39 is 5.97 Å². The van der Waals surface area contributed by atoms with E-state index in [1.165, 1.54) is 7.11 Å². The Morgan fingerprint density at radius 2 is 1.86 bits per heavy atom. The van der Waals surface area contributed by atoms with Crippen molar-refractivity contribution in [2.45, 2.75) is 13.8 Å². The van der Waals surface area contributed by atoms with Gasteiger partial charge in [0, 0.05) is 22.5 Å². The molecule has 0 radical (unpaired) electrons. The molecule has 0 spiro atoms. The number of halogens is 1. The molecular formula is C15H15ClN2O3. The number of benzene rings is 1. The number of carbonyl (C=O) groups excluding carboxylic acids is 1. The van der Waals surface area contributed by atoms with Crippen LogP contribution in [0.2, 0.25) is 5.02 Å². The summed E-state index contributed by atoms with van der Waals surface area (Å²) in [4.78, 5) is 15.1. The summed E-state index contributed by atoms with van der Waals surface area (Å²) in [6.07, 6.45) is 0. The van der Waals surface area contributed by atoms with Gasteiger partial charge in [-0.2, -0.15) is 0 Å². The van der Waals surface area contributed by atoms with Crippen molar-refractivity contribution >= 4 is 23.3 Å². The molecular weight excluding hydrogens is 292 g/mol. The number of aromatic nitrogens is 1. The first-order valence-corrected chi connectivity index (χ1v) is 6.63. The molecule has 21 heavy (non-hydrogen) atoms. The Morgan fingerprint density at radius 1 is 1.24 bits per heavy atom. The van der Waals surface area contributed by atoms with Crippen LogP contribution < -0.4 is 0 Å². The molecule has 5 nitrogen and oxygen atoms in total. The highest BCUT2D eigenvalue weighted by molar-refractivity contribution is 6.36. The van der Waals surface area contributed by atoms with Crippen LogP contribution in [-0.2, 0) is 4.74 Å². The number of esters is 1. The van der Waals surface area contributed by atoms with Crippen molar-refractivity contribution in [3.05, 3.63) is 57.4 Å². The molecule has 0 saturated carbocycles.